The van der Waals surface area contributed by atoms with Crippen LogP contribution in [-0.2, 0) is 16.1 Å². The third kappa shape index (κ3) is 8.16. The Morgan fingerprint density at radius 2 is 1.84 bits per heavy atom. The Bertz CT molecular complexity index is 878. The first-order valence-electron chi connectivity index (χ1n) is 10.2. The summed E-state index contributed by atoms with van der Waals surface area (Å²) >= 11 is 14.6. The number of hydrogen-bond acceptors (Lipinski definition) is 3. The van der Waals surface area contributed by atoms with Crippen LogP contribution >= 0.6 is 45.8 Å². The van der Waals surface area contributed by atoms with Crippen molar-refractivity contribution >= 4 is 57.6 Å². The normalized spacial score (nSPS) is 11.6. The van der Waals surface area contributed by atoms with Crippen molar-refractivity contribution in [3.63, 3.8) is 0 Å². The summed E-state index contributed by atoms with van der Waals surface area (Å²) in [5.74, 6) is 0.129. The van der Waals surface area contributed by atoms with Gasteiger partial charge in [-0.3, -0.25) is 9.59 Å². The fraction of sp³-hybridized carbons (Fsp3) is 0.391. The van der Waals surface area contributed by atoms with Crippen LogP contribution < -0.4 is 10.1 Å². The molecule has 1 atom stereocenters. The van der Waals surface area contributed by atoms with Crippen LogP contribution in [0.5, 0.6) is 5.75 Å². The van der Waals surface area contributed by atoms with Crippen LogP contribution in [0.15, 0.2) is 42.5 Å². The molecule has 0 unspecified atom stereocenters. The van der Waals surface area contributed by atoms with Crippen molar-refractivity contribution in [2.45, 2.75) is 45.7 Å². The van der Waals surface area contributed by atoms with E-state index < -0.39 is 6.04 Å². The Morgan fingerprint density at radius 1 is 1.13 bits per heavy atom. The highest BCUT2D eigenvalue weighted by molar-refractivity contribution is 14.1. The van der Waals surface area contributed by atoms with Crippen molar-refractivity contribution in [1.29, 1.82) is 0 Å². The molecule has 0 spiro atoms. The van der Waals surface area contributed by atoms with Gasteiger partial charge in [-0.15, -0.1) is 0 Å². The van der Waals surface area contributed by atoms with Crippen LogP contribution in [0.25, 0.3) is 0 Å². The number of ether oxygens (including phenoxy) is 1. The van der Waals surface area contributed by atoms with Crippen molar-refractivity contribution in [2.75, 3.05) is 13.2 Å². The number of carbonyl (C=O) groups excluding carboxylic acids is 2. The highest BCUT2D eigenvalue weighted by Crippen LogP contribution is 2.24. The molecule has 0 saturated carbocycles. The molecule has 0 saturated heterocycles. The first kappa shape index (κ1) is 25.7. The largest absolute Gasteiger partial charge is 0.484 e. The fourth-order valence-electron chi connectivity index (χ4n) is 3.02. The summed E-state index contributed by atoms with van der Waals surface area (Å²) in [6.07, 6.45) is 2.33. The van der Waals surface area contributed by atoms with Crippen molar-refractivity contribution < 1.29 is 14.3 Å². The maximum atomic E-state index is 13.2. The molecule has 0 fully saturated rings. The van der Waals surface area contributed by atoms with Gasteiger partial charge in [-0.25, -0.2) is 0 Å². The van der Waals surface area contributed by atoms with Gasteiger partial charge in [0.25, 0.3) is 5.91 Å². The molecule has 0 aromatic heterocycles. The second-order valence-corrected chi connectivity index (χ2v) is 9.16. The number of nitrogens with one attached hydrogen (secondary N) is 1. The zero-order valence-electron chi connectivity index (χ0n) is 17.7. The Morgan fingerprint density at radius 3 is 2.45 bits per heavy atom. The van der Waals surface area contributed by atoms with Crippen molar-refractivity contribution in [2.24, 2.45) is 0 Å². The number of unbranched alkanes of at least 4 members (excludes halogenated alkanes) is 1. The highest BCUT2D eigenvalue weighted by atomic mass is 127. The summed E-state index contributed by atoms with van der Waals surface area (Å²) in [4.78, 5) is 27.5. The van der Waals surface area contributed by atoms with Gasteiger partial charge in [0, 0.05) is 26.7 Å². The van der Waals surface area contributed by atoms with Crippen molar-refractivity contribution in [3.8, 4) is 5.75 Å². The lowest BCUT2D eigenvalue weighted by atomic mass is 10.1. The predicted octanol–water partition coefficient (Wildman–Crippen LogP) is 5.70. The van der Waals surface area contributed by atoms with E-state index in [0.717, 1.165) is 16.4 Å². The van der Waals surface area contributed by atoms with Gasteiger partial charge in [-0.2, -0.15) is 0 Å². The molecular formula is C23H27Cl2IN2O3. The third-order valence-corrected chi connectivity index (χ3v) is 6.05. The summed E-state index contributed by atoms with van der Waals surface area (Å²) in [7, 11) is 0. The number of halogens is 3. The van der Waals surface area contributed by atoms with Crippen LogP contribution in [-0.4, -0.2) is 35.9 Å². The van der Waals surface area contributed by atoms with Gasteiger partial charge in [0.05, 0.1) is 0 Å². The Hall–Kier alpha value is -1.51. The molecule has 168 valence electrons. The third-order valence-electron chi connectivity index (χ3n) is 4.75. The molecule has 2 amide bonds. The molecule has 31 heavy (non-hydrogen) atoms. The Kier molecular flexibility index (Phi) is 10.9. The number of nitrogens with zero attached hydrogens (tertiary/aromatic N) is 1. The Labute approximate surface area is 207 Å². The second kappa shape index (κ2) is 13.1. The van der Waals surface area contributed by atoms with E-state index >= 15 is 0 Å². The summed E-state index contributed by atoms with van der Waals surface area (Å²) < 4.78 is 6.76. The van der Waals surface area contributed by atoms with Crippen LogP contribution in [0.2, 0.25) is 10.0 Å². The SMILES string of the molecule is CCCCNC(=O)[C@H](CC)N(Cc1ccc(Cl)cc1Cl)C(=O)COc1ccc(I)cc1. The van der Waals surface area contributed by atoms with E-state index in [1.165, 1.54) is 4.90 Å². The first-order valence-corrected chi connectivity index (χ1v) is 12.1. The van der Waals surface area contributed by atoms with Gasteiger partial charge < -0.3 is 15.0 Å². The zero-order valence-corrected chi connectivity index (χ0v) is 21.3. The average Bonchev–Trinajstić information content (AvgIpc) is 2.74. The maximum Gasteiger partial charge on any atom is 0.261 e. The highest BCUT2D eigenvalue weighted by Gasteiger charge is 2.29. The molecule has 0 heterocycles. The molecule has 0 radical (unpaired) electrons. The van der Waals surface area contributed by atoms with E-state index in [1.54, 1.807) is 18.2 Å². The van der Waals surface area contributed by atoms with Gasteiger partial charge in [-0.05, 0) is 77.4 Å². The van der Waals surface area contributed by atoms with E-state index in [1.807, 2.05) is 31.2 Å². The summed E-state index contributed by atoms with van der Waals surface area (Å²) in [6, 6.07) is 11.9. The number of carbonyl (C=O) groups is 2. The summed E-state index contributed by atoms with van der Waals surface area (Å²) in [5.41, 5.74) is 0.716. The van der Waals surface area contributed by atoms with Gasteiger partial charge >= 0.3 is 0 Å². The monoisotopic (exact) mass is 576 g/mol. The van der Waals surface area contributed by atoms with Crippen LogP contribution in [0.1, 0.15) is 38.7 Å². The Balaban J connectivity index is 2.20. The average molecular weight is 577 g/mol. The molecule has 0 aliphatic heterocycles. The van der Waals surface area contributed by atoms with Gasteiger partial charge in [0.15, 0.2) is 6.61 Å². The number of amides is 2. The molecule has 2 rings (SSSR count). The quantitative estimate of drug-likeness (QED) is 0.276. The number of benzene rings is 2. The van der Waals surface area contributed by atoms with E-state index in [0.29, 0.717) is 34.3 Å². The minimum atomic E-state index is -0.628. The van der Waals surface area contributed by atoms with Crippen LogP contribution in [0.4, 0.5) is 0 Å². The van der Waals surface area contributed by atoms with E-state index in [4.69, 9.17) is 27.9 Å². The second-order valence-electron chi connectivity index (χ2n) is 7.07. The van der Waals surface area contributed by atoms with Crippen molar-refractivity contribution in [1.82, 2.24) is 10.2 Å². The van der Waals surface area contributed by atoms with Crippen molar-refractivity contribution in [3.05, 3.63) is 61.6 Å². The van der Waals surface area contributed by atoms with Gasteiger partial charge in [0.2, 0.25) is 5.91 Å². The number of hydrogen-bond donors (Lipinski definition) is 1. The number of rotatable bonds is 11. The summed E-state index contributed by atoms with van der Waals surface area (Å²) in [5, 5.41) is 3.89. The smallest absolute Gasteiger partial charge is 0.261 e. The van der Waals surface area contributed by atoms with Gasteiger partial charge in [-0.1, -0.05) is 49.5 Å². The topological polar surface area (TPSA) is 58.6 Å². The fourth-order valence-corrected chi connectivity index (χ4v) is 3.85. The molecule has 8 heteroatoms. The minimum absolute atomic E-state index is 0.176. The molecule has 0 bridgehead atoms. The molecule has 2 aromatic carbocycles. The predicted molar refractivity (Wildman–Crippen MR) is 134 cm³/mol. The molecule has 0 aliphatic rings. The maximum absolute atomic E-state index is 13.2. The summed E-state index contributed by atoms with van der Waals surface area (Å²) in [6.45, 7) is 4.53. The molecule has 1 N–H and O–H groups in total. The molecule has 2 aromatic rings. The lowest BCUT2D eigenvalue weighted by Crippen LogP contribution is -2.50. The minimum Gasteiger partial charge on any atom is -0.484 e. The van der Waals surface area contributed by atoms with E-state index in [2.05, 4.69) is 34.8 Å². The van der Waals surface area contributed by atoms with Crippen LogP contribution in [0.3, 0.4) is 0 Å². The molecule has 5 nitrogen and oxygen atoms in total. The lowest BCUT2D eigenvalue weighted by Gasteiger charge is -2.31. The molecular weight excluding hydrogens is 550 g/mol. The lowest BCUT2D eigenvalue weighted by molar-refractivity contribution is -0.143. The van der Waals surface area contributed by atoms with Crippen LogP contribution in [0, 0.1) is 3.57 Å². The zero-order chi connectivity index (χ0) is 22.8. The van der Waals surface area contributed by atoms with Gasteiger partial charge in [0.1, 0.15) is 11.8 Å². The first-order chi connectivity index (χ1) is 14.8. The van der Waals surface area contributed by atoms with E-state index in [9.17, 15) is 9.59 Å². The van der Waals surface area contributed by atoms with E-state index in [-0.39, 0.29) is 25.0 Å². The molecule has 0 aliphatic carbocycles. The standard InChI is InChI=1S/C23H27Cl2IN2O3/c1-3-5-12-27-23(30)21(4-2)28(14-16-6-7-17(24)13-20(16)25)22(29)15-31-19-10-8-18(26)9-11-19/h6-11,13,21H,3-5,12,14-15H2,1-2H3,(H,27,30)/t21-/m0/s1.